The van der Waals surface area contributed by atoms with Crippen molar-refractivity contribution in [2.75, 3.05) is 5.32 Å². The summed E-state index contributed by atoms with van der Waals surface area (Å²) >= 11 is 9.33. The monoisotopic (exact) mass is 329 g/mol. The number of nitrogens with one attached hydrogen (secondary N) is 1. The number of anilines is 1. The van der Waals surface area contributed by atoms with E-state index in [2.05, 4.69) is 21.2 Å². The van der Waals surface area contributed by atoms with E-state index in [9.17, 15) is 4.79 Å². The first-order valence-corrected chi connectivity index (χ1v) is 7.57. The number of amides is 1. The Labute approximate surface area is 121 Å². The van der Waals surface area contributed by atoms with Crippen molar-refractivity contribution in [3.63, 3.8) is 0 Å². The van der Waals surface area contributed by atoms with Crippen LogP contribution in [0.1, 0.15) is 38.5 Å². The maximum atomic E-state index is 12.0. The Morgan fingerprint density at radius 2 is 2.06 bits per heavy atom. The zero-order valence-electron chi connectivity index (χ0n) is 10.2. The molecule has 0 radical (unpaired) electrons. The summed E-state index contributed by atoms with van der Waals surface area (Å²) in [6, 6.07) is 5.41. The van der Waals surface area contributed by atoms with Gasteiger partial charge in [-0.3, -0.25) is 4.79 Å². The quantitative estimate of drug-likeness (QED) is 0.829. The molecule has 0 saturated heterocycles. The van der Waals surface area contributed by atoms with Gasteiger partial charge >= 0.3 is 0 Å². The molecule has 1 N–H and O–H groups in total. The number of halogens is 2. The minimum atomic E-state index is 0.0878. The van der Waals surface area contributed by atoms with Crippen molar-refractivity contribution >= 4 is 39.1 Å². The normalized spacial score (nSPS) is 16.6. The summed E-state index contributed by atoms with van der Waals surface area (Å²) in [7, 11) is 0. The maximum absolute atomic E-state index is 12.0. The molecule has 1 aromatic rings. The van der Waals surface area contributed by atoms with E-state index in [0.717, 1.165) is 10.2 Å². The number of hydrogen-bond acceptors (Lipinski definition) is 1. The molecule has 2 rings (SSSR count). The van der Waals surface area contributed by atoms with Crippen molar-refractivity contribution in [3.8, 4) is 0 Å². The molecule has 1 saturated carbocycles. The SMILES string of the molecule is O=C(CC1CCCCC1)Nc1cc(Cl)ccc1Br. The molecule has 0 heterocycles. The first-order chi connectivity index (χ1) is 8.65. The molecule has 1 aliphatic carbocycles. The van der Waals surface area contributed by atoms with Gasteiger partial charge in [0.2, 0.25) is 5.91 Å². The van der Waals surface area contributed by atoms with Crippen molar-refractivity contribution in [2.24, 2.45) is 5.92 Å². The molecule has 0 aromatic heterocycles. The van der Waals surface area contributed by atoms with Gasteiger partial charge in [0.1, 0.15) is 0 Å². The first-order valence-electron chi connectivity index (χ1n) is 6.40. The predicted octanol–water partition coefficient (Wildman–Crippen LogP) is 5.01. The van der Waals surface area contributed by atoms with Gasteiger partial charge in [0.25, 0.3) is 0 Å². The second kappa shape index (κ2) is 6.58. The van der Waals surface area contributed by atoms with Crippen LogP contribution in [0, 0.1) is 5.92 Å². The summed E-state index contributed by atoms with van der Waals surface area (Å²) in [5.41, 5.74) is 0.753. The number of benzene rings is 1. The Kier molecular flexibility index (Phi) is 5.07. The van der Waals surface area contributed by atoms with Crippen molar-refractivity contribution in [2.45, 2.75) is 38.5 Å². The molecular formula is C14H17BrClNO. The van der Waals surface area contributed by atoms with Crippen LogP contribution in [-0.4, -0.2) is 5.91 Å². The van der Waals surface area contributed by atoms with E-state index >= 15 is 0 Å². The Hall–Kier alpha value is -0.540. The molecule has 98 valence electrons. The van der Waals surface area contributed by atoms with Gasteiger partial charge in [-0.2, -0.15) is 0 Å². The highest BCUT2D eigenvalue weighted by Crippen LogP contribution is 2.29. The molecule has 1 amide bonds. The van der Waals surface area contributed by atoms with Crippen molar-refractivity contribution in [3.05, 3.63) is 27.7 Å². The van der Waals surface area contributed by atoms with Gasteiger partial charge < -0.3 is 5.32 Å². The van der Waals surface area contributed by atoms with Crippen LogP contribution < -0.4 is 5.32 Å². The van der Waals surface area contributed by atoms with Gasteiger partial charge in [0, 0.05) is 15.9 Å². The van der Waals surface area contributed by atoms with Crippen molar-refractivity contribution in [1.29, 1.82) is 0 Å². The van der Waals surface area contributed by atoms with Gasteiger partial charge in [-0.05, 0) is 52.9 Å². The Morgan fingerprint density at radius 3 is 2.78 bits per heavy atom. The van der Waals surface area contributed by atoms with Crippen LogP contribution in [0.25, 0.3) is 0 Å². The fourth-order valence-electron chi connectivity index (χ4n) is 2.45. The van der Waals surface area contributed by atoms with Crippen LogP contribution in [-0.2, 0) is 4.79 Å². The topological polar surface area (TPSA) is 29.1 Å². The lowest BCUT2D eigenvalue weighted by atomic mass is 9.87. The van der Waals surface area contributed by atoms with Gasteiger partial charge in [-0.15, -0.1) is 0 Å². The lowest BCUT2D eigenvalue weighted by molar-refractivity contribution is -0.117. The average molecular weight is 331 g/mol. The summed E-state index contributed by atoms with van der Waals surface area (Å²) in [5.74, 6) is 0.640. The minimum absolute atomic E-state index is 0.0878. The lowest BCUT2D eigenvalue weighted by Crippen LogP contribution is -2.18. The smallest absolute Gasteiger partial charge is 0.224 e. The Morgan fingerprint density at radius 1 is 1.33 bits per heavy atom. The highest BCUT2D eigenvalue weighted by Gasteiger charge is 2.17. The summed E-state index contributed by atoms with van der Waals surface area (Å²) in [4.78, 5) is 12.0. The fourth-order valence-corrected chi connectivity index (χ4v) is 2.97. The molecule has 0 spiro atoms. The van der Waals surface area contributed by atoms with Crippen molar-refractivity contribution in [1.82, 2.24) is 0 Å². The van der Waals surface area contributed by atoms with Crippen LogP contribution in [0.2, 0.25) is 5.02 Å². The molecular weight excluding hydrogens is 314 g/mol. The van der Waals surface area contributed by atoms with E-state index in [1.165, 1.54) is 32.1 Å². The van der Waals surface area contributed by atoms with E-state index in [1.54, 1.807) is 12.1 Å². The number of carbonyl (C=O) groups excluding carboxylic acids is 1. The summed E-state index contributed by atoms with van der Waals surface area (Å²) < 4.78 is 0.865. The van der Waals surface area contributed by atoms with Gasteiger partial charge in [-0.25, -0.2) is 0 Å². The zero-order chi connectivity index (χ0) is 13.0. The third kappa shape index (κ3) is 3.99. The third-order valence-corrected chi connectivity index (χ3v) is 4.33. The van der Waals surface area contributed by atoms with Crippen molar-refractivity contribution < 1.29 is 4.79 Å². The Balaban J connectivity index is 1.92. The third-order valence-electron chi connectivity index (χ3n) is 3.40. The predicted molar refractivity (Wildman–Crippen MR) is 79.0 cm³/mol. The van der Waals surface area contributed by atoms with E-state index in [4.69, 9.17) is 11.6 Å². The van der Waals surface area contributed by atoms with Crippen LogP contribution in [0.5, 0.6) is 0 Å². The highest BCUT2D eigenvalue weighted by molar-refractivity contribution is 9.10. The second-order valence-electron chi connectivity index (χ2n) is 4.88. The van der Waals surface area contributed by atoms with Gasteiger partial charge in [0.15, 0.2) is 0 Å². The molecule has 18 heavy (non-hydrogen) atoms. The number of carbonyl (C=O) groups is 1. The van der Waals surface area contributed by atoms with E-state index < -0.39 is 0 Å². The van der Waals surface area contributed by atoms with Crippen LogP contribution in [0.15, 0.2) is 22.7 Å². The largest absolute Gasteiger partial charge is 0.325 e. The number of rotatable bonds is 3. The molecule has 0 aliphatic heterocycles. The molecule has 1 aliphatic rings. The molecule has 4 heteroatoms. The van der Waals surface area contributed by atoms with E-state index in [0.29, 0.717) is 17.4 Å². The van der Waals surface area contributed by atoms with E-state index in [-0.39, 0.29) is 5.91 Å². The maximum Gasteiger partial charge on any atom is 0.224 e. The lowest BCUT2D eigenvalue weighted by Gasteiger charge is -2.21. The molecule has 1 fully saturated rings. The molecule has 0 bridgehead atoms. The van der Waals surface area contributed by atoms with E-state index in [1.807, 2.05) is 6.07 Å². The Bertz CT molecular complexity index is 430. The molecule has 1 aromatic carbocycles. The summed E-state index contributed by atoms with van der Waals surface area (Å²) in [6.45, 7) is 0. The van der Waals surface area contributed by atoms with Crippen LogP contribution in [0.4, 0.5) is 5.69 Å². The second-order valence-corrected chi connectivity index (χ2v) is 6.17. The standard InChI is InChI=1S/C14H17BrClNO/c15-12-7-6-11(16)9-13(12)17-14(18)8-10-4-2-1-3-5-10/h6-7,9-10H,1-5,8H2,(H,17,18). The number of hydrogen-bond donors (Lipinski definition) is 1. The molecule has 2 nitrogen and oxygen atoms in total. The van der Waals surface area contributed by atoms with Crippen LogP contribution in [0.3, 0.4) is 0 Å². The fraction of sp³-hybridized carbons (Fsp3) is 0.500. The molecule has 0 unspecified atom stereocenters. The minimum Gasteiger partial charge on any atom is -0.325 e. The zero-order valence-corrected chi connectivity index (χ0v) is 12.6. The summed E-state index contributed by atoms with van der Waals surface area (Å²) in [5, 5.41) is 3.56. The highest BCUT2D eigenvalue weighted by atomic mass is 79.9. The summed E-state index contributed by atoms with van der Waals surface area (Å²) in [6.07, 6.45) is 6.84. The average Bonchev–Trinajstić information content (AvgIpc) is 2.35. The first kappa shape index (κ1) is 13.9. The van der Waals surface area contributed by atoms with Gasteiger partial charge in [0.05, 0.1) is 5.69 Å². The van der Waals surface area contributed by atoms with Crippen LogP contribution >= 0.6 is 27.5 Å². The molecule has 0 atom stereocenters. The van der Waals surface area contributed by atoms with Gasteiger partial charge in [-0.1, -0.05) is 30.9 Å².